The lowest BCUT2D eigenvalue weighted by atomic mass is 9.91. The molecule has 24 heavy (non-hydrogen) atoms. The highest BCUT2D eigenvalue weighted by Crippen LogP contribution is 2.20. The van der Waals surface area contributed by atoms with Crippen LogP contribution in [-0.2, 0) is 14.3 Å². The number of carbonyl (C=O) groups is 2. The van der Waals surface area contributed by atoms with E-state index < -0.39 is 0 Å². The lowest BCUT2D eigenvalue weighted by Crippen LogP contribution is -2.45. The summed E-state index contributed by atoms with van der Waals surface area (Å²) in [5.41, 5.74) is 0. The zero-order valence-electron chi connectivity index (χ0n) is 13.3. The maximum absolute atomic E-state index is 12.0. The molecule has 2 N–H and O–H groups in total. The molecule has 7 heteroatoms. The fourth-order valence-electron chi connectivity index (χ4n) is 2.82. The molecule has 6 nitrogen and oxygen atoms in total. The third kappa shape index (κ3) is 5.11. The van der Waals surface area contributed by atoms with Crippen molar-refractivity contribution in [3.63, 3.8) is 0 Å². The Morgan fingerprint density at radius 1 is 1.08 bits per heavy atom. The van der Waals surface area contributed by atoms with Crippen molar-refractivity contribution in [2.75, 3.05) is 13.2 Å². The predicted molar refractivity (Wildman–Crippen MR) is 89.0 cm³/mol. The van der Waals surface area contributed by atoms with Gasteiger partial charge in [0, 0.05) is 17.1 Å². The minimum absolute atomic E-state index is 0.0150. The number of halogens is 1. The number of rotatable bonds is 6. The van der Waals surface area contributed by atoms with Crippen molar-refractivity contribution in [3.05, 3.63) is 29.3 Å². The summed E-state index contributed by atoms with van der Waals surface area (Å²) in [5, 5.41) is 6.60. The molecular weight excluding hydrogens is 332 g/mol. The molecule has 2 aliphatic rings. The summed E-state index contributed by atoms with van der Waals surface area (Å²) in [6.45, 7) is 0.516. The minimum atomic E-state index is -0.243. The third-order valence-electron chi connectivity index (χ3n) is 4.25. The van der Waals surface area contributed by atoms with E-state index in [1.54, 1.807) is 24.3 Å². The fourth-order valence-corrected chi connectivity index (χ4v) is 2.95. The fraction of sp³-hybridized carbons (Fsp3) is 0.529. The summed E-state index contributed by atoms with van der Waals surface area (Å²) in [6.07, 6.45) is 3.18. The Labute approximate surface area is 145 Å². The van der Waals surface area contributed by atoms with Crippen LogP contribution in [0.3, 0.4) is 0 Å². The zero-order valence-corrected chi connectivity index (χ0v) is 14.1. The Balaban J connectivity index is 1.33. The van der Waals surface area contributed by atoms with E-state index in [0.29, 0.717) is 17.4 Å². The molecule has 0 radical (unpaired) electrons. The molecule has 2 amide bonds. The van der Waals surface area contributed by atoms with Gasteiger partial charge >= 0.3 is 0 Å². The molecule has 2 fully saturated rings. The summed E-state index contributed by atoms with van der Waals surface area (Å²) in [4.78, 5) is 23.6. The normalized spacial score (nSPS) is 25.6. The van der Waals surface area contributed by atoms with Gasteiger partial charge in [-0.3, -0.25) is 9.59 Å². The van der Waals surface area contributed by atoms with E-state index in [2.05, 4.69) is 10.6 Å². The Kier molecular flexibility index (Phi) is 5.58. The second-order valence-corrected chi connectivity index (χ2v) is 6.63. The van der Waals surface area contributed by atoms with Crippen molar-refractivity contribution in [1.82, 2.24) is 10.6 Å². The van der Waals surface area contributed by atoms with Gasteiger partial charge in [0.25, 0.3) is 11.8 Å². The average Bonchev–Trinajstić information content (AvgIpc) is 3.41. The van der Waals surface area contributed by atoms with Crippen LogP contribution < -0.4 is 15.4 Å². The lowest BCUT2D eigenvalue weighted by Gasteiger charge is -2.29. The quantitative estimate of drug-likeness (QED) is 0.763. The van der Waals surface area contributed by atoms with E-state index in [1.807, 2.05) is 0 Å². The van der Waals surface area contributed by atoms with E-state index >= 15 is 0 Å². The van der Waals surface area contributed by atoms with E-state index in [0.717, 1.165) is 25.7 Å². The Bertz CT molecular complexity index is 581. The van der Waals surface area contributed by atoms with E-state index in [1.165, 1.54) is 0 Å². The SMILES string of the molecule is O=C(COc1ccc(Cl)cc1)NC1CCC(NC(=O)C2CO2)CC1. The van der Waals surface area contributed by atoms with E-state index in [-0.39, 0.29) is 36.6 Å². The molecule has 0 aromatic heterocycles. The van der Waals surface area contributed by atoms with Gasteiger partial charge in [-0.1, -0.05) is 11.6 Å². The minimum Gasteiger partial charge on any atom is -0.484 e. The Hall–Kier alpha value is -1.79. The molecule has 3 rings (SSSR count). The highest BCUT2D eigenvalue weighted by Gasteiger charge is 2.33. The number of hydrogen-bond donors (Lipinski definition) is 2. The first-order chi connectivity index (χ1) is 11.6. The maximum Gasteiger partial charge on any atom is 0.258 e. The molecule has 1 unspecified atom stereocenters. The van der Waals surface area contributed by atoms with Gasteiger partial charge in [-0.25, -0.2) is 0 Å². The number of amides is 2. The summed E-state index contributed by atoms with van der Waals surface area (Å²) < 4.78 is 10.4. The third-order valence-corrected chi connectivity index (χ3v) is 4.50. The highest BCUT2D eigenvalue weighted by molar-refractivity contribution is 6.30. The van der Waals surface area contributed by atoms with Gasteiger partial charge in [-0.05, 0) is 49.9 Å². The van der Waals surface area contributed by atoms with Crippen LogP contribution in [0, 0.1) is 0 Å². The number of benzene rings is 1. The second kappa shape index (κ2) is 7.85. The topological polar surface area (TPSA) is 80.0 Å². The lowest BCUT2D eigenvalue weighted by molar-refractivity contribution is -0.125. The second-order valence-electron chi connectivity index (χ2n) is 6.19. The first-order valence-corrected chi connectivity index (χ1v) is 8.57. The van der Waals surface area contributed by atoms with Crippen molar-refractivity contribution in [1.29, 1.82) is 0 Å². The number of hydrogen-bond acceptors (Lipinski definition) is 4. The molecule has 1 aromatic rings. The number of epoxide rings is 1. The van der Waals surface area contributed by atoms with Gasteiger partial charge < -0.3 is 20.1 Å². The molecule has 1 atom stereocenters. The van der Waals surface area contributed by atoms with Gasteiger partial charge in [-0.15, -0.1) is 0 Å². The molecule has 1 aliphatic heterocycles. The summed E-state index contributed by atoms with van der Waals surface area (Å²) in [5.74, 6) is 0.464. The van der Waals surface area contributed by atoms with Crippen LogP contribution >= 0.6 is 11.6 Å². The molecule has 0 spiro atoms. The van der Waals surface area contributed by atoms with Gasteiger partial charge in [0.1, 0.15) is 5.75 Å². The van der Waals surface area contributed by atoms with E-state index in [9.17, 15) is 9.59 Å². The molecule has 130 valence electrons. The van der Waals surface area contributed by atoms with Crippen LogP contribution in [-0.4, -0.2) is 43.2 Å². The van der Waals surface area contributed by atoms with Crippen molar-refractivity contribution in [3.8, 4) is 5.75 Å². The van der Waals surface area contributed by atoms with Crippen LogP contribution in [0.5, 0.6) is 5.75 Å². The first kappa shape index (κ1) is 17.0. The van der Waals surface area contributed by atoms with Crippen molar-refractivity contribution < 1.29 is 19.1 Å². The van der Waals surface area contributed by atoms with Gasteiger partial charge in [0.15, 0.2) is 12.7 Å². The summed E-state index contributed by atoms with van der Waals surface area (Å²) in [6, 6.07) is 7.21. The Morgan fingerprint density at radius 2 is 1.67 bits per heavy atom. The number of ether oxygens (including phenoxy) is 2. The van der Waals surface area contributed by atoms with Gasteiger partial charge in [-0.2, -0.15) is 0 Å². The molecule has 0 bridgehead atoms. The molecule has 1 saturated carbocycles. The maximum atomic E-state index is 12.0. The standard InChI is InChI=1S/C17H21ClN2O4/c18-11-1-7-14(8-2-11)23-10-16(21)19-12-3-5-13(6-4-12)20-17(22)15-9-24-15/h1-2,7-8,12-13,15H,3-6,9-10H2,(H,19,21)(H,20,22). The van der Waals surface area contributed by atoms with Crippen LogP contribution in [0.2, 0.25) is 5.02 Å². The van der Waals surface area contributed by atoms with Crippen LogP contribution in [0.25, 0.3) is 0 Å². The van der Waals surface area contributed by atoms with Gasteiger partial charge in [0.05, 0.1) is 6.61 Å². The predicted octanol–water partition coefficient (Wildman–Crippen LogP) is 1.66. The molecule has 1 saturated heterocycles. The van der Waals surface area contributed by atoms with E-state index in [4.69, 9.17) is 21.1 Å². The number of nitrogens with one attached hydrogen (secondary N) is 2. The summed E-state index contributed by atoms with van der Waals surface area (Å²) >= 11 is 5.80. The summed E-state index contributed by atoms with van der Waals surface area (Å²) in [7, 11) is 0. The molecule has 1 aliphatic carbocycles. The molecule has 1 heterocycles. The van der Waals surface area contributed by atoms with Crippen LogP contribution in [0.1, 0.15) is 25.7 Å². The molecule has 1 aromatic carbocycles. The molecular formula is C17H21ClN2O4. The largest absolute Gasteiger partial charge is 0.484 e. The van der Waals surface area contributed by atoms with Crippen molar-refractivity contribution >= 4 is 23.4 Å². The monoisotopic (exact) mass is 352 g/mol. The van der Waals surface area contributed by atoms with Crippen LogP contribution in [0.4, 0.5) is 0 Å². The smallest absolute Gasteiger partial charge is 0.258 e. The number of carbonyl (C=O) groups excluding carboxylic acids is 2. The van der Waals surface area contributed by atoms with Gasteiger partial charge in [0.2, 0.25) is 0 Å². The highest BCUT2D eigenvalue weighted by atomic mass is 35.5. The zero-order chi connectivity index (χ0) is 16.9. The first-order valence-electron chi connectivity index (χ1n) is 8.20. The van der Waals surface area contributed by atoms with Crippen LogP contribution in [0.15, 0.2) is 24.3 Å². The van der Waals surface area contributed by atoms with Crippen molar-refractivity contribution in [2.45, 2.75) is 43.9 Å². The Morgan fingerprint density at radius 3 is 2.25 bits per heavy atom. The average molecular weight is 353 g/mol. The van der Waals surface area contributed by atoms with Crippen molar-refractivity contribution in [2.24, 2.45) is 0 Å².